The highest BCUT2D eigenvalue weighted by Gasteiger charge is 2.20. The van der Waals surface area contributed by atoms with Crippen LogP contribution in [0.4, 0.5) is 14.5 Å². The van der Waals surface area contributed by atoms with Crippen LogP contribution in [0.1, 0.15) is 17.9 Å². The third-order valence-electron chi connectivity index (χ3n) is 3.27. The molecule has 0 saturated carbocycles. The Kier molecular flexibility index (Phi) is 5.03. The zero-order valence-corrected chi connectivity index (χ0v) is 13.5. The third-order valence-corrected chi connectivity index (χ3v) is 4.40. The van der Waals surface area contributed by atoms with Crippen molar-refractivity contribution in [2.45, 2.75) is 17.1 Å². The fourth-order valence-electron chi connectivity index (χ4n) is 2.09. The number of nitrogens with zero attached hydrogens (tertiary/aromatic N) is 3. The van der Waals surface area contributed by atoms with Gasteiger partial charge in [-0.25, -0.2) is 0 Å². The summed E-state index contributed by atoms with van der Waals surface area (Å²) in [6.07, 6.45) is -2.88. The van der Waals surface area contributed by atoms with E-state index in [0.29, 0.717) is 16.2 Å². The Balaban J connectivity index is 1.94. The van der Waals surface area contributed by atoms with Gasteiger partial charge in [-0.1, -0.05) is 30.3 Å². The first-order chi connectivity index (χ1) is 12.0. The van der Waals surface area contributed by atoms with Gasteiger partial charge in [0.2, 0.25) is 5.89 Å². The minimum atomic E-state index is -2.88. The molecule has 0 spiro atoms. The first-order valence-corrected chi connectivity index (χ1v) is 8.10. The van der Waals surface area contributed by atoms with E-state index in [2.05, 4.69) is 10.2 Å². The van der Waals surface area contributed by atoms with E-state index in [1.165, 1.54) is 30.0 Å². The van der Waals surface area contributed by atoms with Crippen molar-refractivity contribution < 1.29 is 18.1 Å². The maximum Gasteiger partial charge on any atom is 0.314 e. The van der Waals surface area contributed by atoms with Gasteiger partial charge in [0.1, 0.15) is 0 Å². The third kappa shape index (κ3) is 4.00. The summed E-state index contributed by atoms with van der Waals surface area (Å²) >= 11 is 1.32. The lowest BCUT2D eigenvalue weighted by atomic mass is 10.2. The lowest BCUT2D eigenvalue weighted by Crippen LogP contribution is -1.91. The van der Waals surface area contributed by atoms with Gasteiger partial charge in [0.15, 0.2) is 0 Å². The van der Waals surface area contributed by atoms with Gasteiger partial charge < -0.3 is 4.42 Å². The average molecular weight is 363 g/mol. The van der Waals surface area contributed by atoms with Gasteiger partial charge in [0, 0.05) is 22.8 Å². The molecule has 0 N–H and O–H groups in total. The molecule has 2 aromatic carbocycles. The largest absolute Gasteiger partial charge is 0.415 e. The van der Waals surface area contributed by atoms with Gasteiger partial charge in [-0.3, -0.25) is 10.1 Å². The predicted molar refractivity (Wildman–Crippen MR) is 87.3 cm³/mol. The summed E-state index contributed by atoms with van der Waals surface area (Å²) in [6, 6.07) is 13.6. The van der Waals surface area contributed by atoms with E-state index in [0.717, 1.165) is 5.56 Å². The molecule has 9 heteroatoms. The number of nitro benzene ring substituents is 1. The number of rotatable bonds is 6. The Morgan fingerprint density at radius 1 is 1.16 bits per heavy atom. The number of aromatic nitrogens is 2. The Bertz CT molecular complexity index is 887. The number of hydrogen-bond donors (Lipinski definition) is 0. The number of nitro groups is 1. The first kappa shape index (κ1) is 17.0. The fourth-order valence-corrected chi connectivity index (χ4v) is 3.12. The van der Waals surface area contributed by atoms with Crippen LogP contribution in [0, 0.1) is 10.1 Å². The van der Waals surface area contributed by atoms with Crippen molar-refractivity contribution >= 4 is 17.4 Å². The quantitative estimate of drug-likeness (QED) is 0.353. The number of non-ortho nitro benzene ring substituents is 1. The second-order valence-electron chi connectivity index (χ2n) is 4.96. The fraction of sp³-hybridized carbons (Fsp3) is 0.125. The molecule has 3 aromatic rings. The molecular weight excluding hydrogens is 352 g/mol. The number of thioether (sulfide) groups is 1. The molecule has 0 aliphatic heterocycles. The van der Waals surface area contributed by atoms with Gasteiger partial charge in [0.25, 0.3) is 11.6 Å². The molecule has 0 aliphatic carbocycles. The number of halogens is 2. The number of benzene rings is 2. The van der Waals surface area contributed by atoms with Crippen molar-refractivity contribution in [3.63, 3.8) is 0 Å². The van der Waals surface area contributed by atoms with E-state index in [1.807, 2.05) is 30.3 Å². The molecule has 0 atom stereocenters. The molecule has 0 aliphatic rings. The van der Waals surface area contributed by atoms with Crippen molar-refractivity contribution in [3.05, 3.63) is 70.1 Å². The zero-order chi connectivity index (χ0) is 17.8. The van der Waals surface area contributed by atoms with Crippen molar-refractivity contribution in [3.8, 4) is 11.5 Å². The SMILES string of the molecule is O=[N+]([O-])c1ccc(-c2nnc(C(F)F)o2)c(SCc2ccccc2)c1. The highest BCUT2D eigenvalue weighted by molar-refractivity contribution is 7.98. The normalized spacial score (nSPS) is 11.0. The van der Waals surface area contributed by atoms with E-state index >= 15 is 0 Å². The lowest BCUT2D eigenvalue weighted by Gasteiger charge is -2.06. The second-order valence-corrected chi connectivity index (χ2v) is 5.98. The van der Waals surface area contributed by atoms with E-state index in [-0.39, 0.29) is 11.6 Å². The minimum absolute atomic E-state index is 0.0965. The van der Waals surface area contributed by atoms with E-state index in [4.69, 9.17) is 4.42 Å². The maximum atomic E-state index is 12.6. The van der Waals surface area contributed by atoms with Crippen LogP contribution in [-0.2, 0) is 5.75 Å². The molecule has 1 heterocycles. The molecular formula is C16H11F2N3O3S. The molecule has 0 fully saturated rings. The monoisotopic (exact) mass is 363 g/mol. The van der Waals surface area contributed by atoms with Crippen LogP contribution in [0.5, 0.6) is 0 Å². The van der Waals surface area contributed by atoms with Gasteiger partial charge in [0.05, 0.1) is 10.5 Å². The first-order valence-electron chi connectivity index (χ1n) is 7.11. The molecule has 0 radical (unpaired) electrons. The highest BCUT2D eigenvalue weighted by Crippen LogP contribution is 2.36. The Hall–Kier alpha value is -2.81. The van der Waals surface area contributed by atoms with Crippen molar-refractivity contribution in [2.24, 2.45) is 0 Å². The van der Waals surface area contributed by atoms with Crippen LogP contribution >= 0.6 is 11.8 Å². The summed E-state index contributed by atoms with van der Waals surface area (Å²) in [7, 11) is 0. The van der Waals surface area contributed by atoms with E-state index in [9.17, 15) is 18.9 Å². The molecule has 0 unspecified atom stereocenters. The second kappa shape index (κ2) is 7.39. The predicted octanol–water partition coefficient (Wildman–Crippen LogP) is 4.87. The summed E-state index contributed by atoms with van der Waals surface area (Å²) in [5, 5.41) is 17.9. The number of alkyl halides is 2. The molecule has 1 aromatic heterocycles. The molecule has 0 bridgehead atoms. The van der Waals surface area contributed by atoms with Crippen molar-refractivity contribution in [1.82, 2.24) is 10.2 Å². The minimum Gasteiger partial charge on any atom is -0.415 e. The Morgan fingerprint density at radius 3 is 2.56 bits per heavy atom. The van der Waals surface area contributed by atoms with Crippen LogP contribution < -0.4 is 0 Å². The molecule has 128 valence electrons. The highest BCUT2D eigenvalue weighted by atomic mass is 32.2. The van der Waals surface area contributed by atoms with E-state index in [1.54, 1.807) is 0 Å². The van der Waals surface area contributed by atoms with Gasteiger partial charge in [-0.15, -0.1) is 22.0 Å². The standard InChI is InChI=1S/C16H11F2N3O3S/c17-14(18)16-20-19-15(24-16)12-7-6-11(21(22)23)8-13(12)25-9-10-4-2-1-3-5-10/h1-8,14H,9H2. The van der Waals surface area contributed by atoms with Crippen LogP contribution in [0.25, 0.3) is 11.5 Å². The van der Waals surface area contributed by atoms with Crippen LogP contribution in [0.2, 0.25) is 0 Å². The average Bonchev–Trinajstić information content (AvgIpc) is 3.11. The summed E-state index contributed by atoms with van der Waals surface area (Å²) < 4.78 is 30.3. The summed E-state index contributed by atoms with van der Waals surface area (Å²) in [5.74, 6) is -0.335. The number of hydrogen-bond acceptors (Lipinski definition) is 6. The topological polar surface area (TPSA) is 82.1 Å². The molecule has 6 nitrogen and oxygen atoms in total. The maximum absolute atomic E-state index is 12.6. The van der Waals surface area contributed by atoms with Crippen molar-refractivity contribution in [2.75, 3.05) is 0 Å². The summed E-state index contributed by atoms with van der Waals surface area (Å²) in [6.45, 7) is 0. The van der Waals surface area contributed by atoms with Crippen LogP contribution in [0.15, 0.2) is 57.8 Å². The van der Waals surface area contributed by atoms with Crippen molar-refractivity contribution in [1.29, 1.82) is 0 Å². The van der Waals surface area contributed by atoms with Gasteiger partial charge in [-0.2, -0.15) is 8.78 Å². The van der Waals surface area contributed by atoms with Gasteiger partial charge >= 0.3 is 6.43 Å². The lowest BCUT2D eigenvalue weighted by molar-refractivity contribution is -0.385. The zero-order valence-electron chi connectivity index (χ0n) is 12.6. The molecule has 3 rings (SSSR count). The Morgan fingerprint density at radius 2 is 1.92 bits per heavy atom. The summed E-state index contributed by atoms with van der Waals surface area (Å²) in [5.41, 5.74) is 1.29. The summed E-state index contributed by atoms with van der Waals surface area (Å²) in [4.78, 5) is 11.0. The Labute approximate surface area is 145 Å². The smallest absolute Gasteiger partial charge is 0.314 e. The van der Waals surface area contributed by atoms with Crippen LogP contribution in [-0.4, -0.2) is 15.1 Å². The van der Waals surface area contributed by atoms with Crippen LogP contribution in [0.3, 0.4) is 0 Å². The van der Waals surface area contributed by atoms with Gasteiger partial charge in [-0.05, 0) is 11.6 Å². The molecule has 0 amide bonds. The molecule has 25 heavy (non-hydrogen) atoms. The van der Waals surface area contributed by atoms with E-state index < -0.39 is 17.2 Å². The molecule has 0 saturated heterocycles.